The van der Waals surface area contributed by atoms with Gasteiger partial charge in [-0.3, -0.25) is 14.4 Å². The highest BCUT2D eigenvalue weighted by atomic mass is 19.1. The van der Waals surface area contributed by atoms with Crippen LogP contribution in [0, 0.1) is 12.7 Å². The average Bonchev–Trinajstić information content (AvgIpc) is 2.98. The molecule has 1 aliphatic heterocycles. The number of hydrogen-bond donors (Lipinski definition) is 2. The quantitative estimate of drug-likeness (QED) is 0.586. The van der Waals surface area contributed by atoms with Gasteiger partial charge >= 0.3 is 0 Å². The predicted molar refractivity (Wildman–Crippen MR) is 121 cm³/mol. The van der Waals surface area contributed by atoms with E-state index in [0.717, 1.165) is 10.5 Å². The Morgan fingerprint density at radius 2 is 1.59 bits per heavy atom. The first kappa shape index (κ1) is 21.0. The molecule has 0 aliphatic carbocycles. The number of nitrogens with one attached hydrogen (secondary N) is 2. The first-order valence-electron chi connectivity index (χ1n) is 9.94. The molecular weight excluding hydrogens is 409 g/mol. The maximum atomic E-state index is 14.5. The molecule has 0 fully saturated rings. The Bertz CT molecular complexity index is 1270. The van der Waals surface area contributed by atoms with Gasteiger partial charge in [0, 0.05) is 18.3 Å². The minimum atomic E-state index is -0.675. The largest absolute Gasteiger partial charge is 0.350 e. The number of hydrogen-bond acceptors (Lipinski definition) is 4. The van der Waals surface area contributed by atoms with E-state index in [-0.39, 0.29) is 22.9 Å². The fourth-order valence-electron chi connectivity index (χ4n) is 3.56. The molecule has 0 saturated carbocycles. The number of imide groups is 1. The fourth-order valence-corrected chi connectivity index (χ4v) is 3.56. The van der Waals surface area contributed by atoms with Gasteiger partial charge in [-0.05, 0) is 54.4 Å². The molecule has 32 heavy (non-hydrogen) atoms. The molecule has 4 rings (SSSR count). The summed E-state index contributed by atoms with van der Waals surface area (Å²) in [5, 5.41) is 5.71. The molecule has 0 radical (unpaired) electrons. The van der Waals surface area contributed by atoms with Crippen molar-refractivity contribution in [2.24, 2.45) is 0 Å². The van der Waals surface area contributed by atoms with E-state index in [4.69, 9.17) is 0 Å². The minimum Gasteiger partial charge on any atom is -0.350 e. The molecule has 1 heterocycles. The number of para-hydroxylation sites is 1. The smallest absolute Gasteiger partial charge is 0.282 e. The van der Waals surface area contributed by atoms with Crippen LogP contribution >= 0.6 is 0 Å². The molecule has 0 saturated heterocycles. The first-order chi connectivity index (χ1) is 15.3. The second-order valence-electron chi connectivity index (χ2n) is 7.40. The molecule has 3 amide bonds. The number of rotatable bonds is 5. The third-order valence-electron chi connectivity index (χ3n) is 4.96. The standard InChI is InChI=1S/C25H20FN3O3/c1-15-6-5-7-19(14-15)28-23-22(17-10-12-18(13-11-17)27-16(2)30)24(31)29(25(23)32)21-9-4-3-8-20(21)26/h3-14,28H,1-2H3,(H,27,30). The van der Waals surface area contributed by atoms with E-state index in [1.54, 1.807) is 36.4 Å². The van der Waals surface area contributed by atoms with Crippen molar-refractivity contribution in [3.8, 4) is 0 Å². The monoisotopic (exact) mass is 429 g/mol. The Balaban J connectivity index is 1.81. The van der Waals surface area contributed by atoms with Crippen LogP contribution in [0.1, 0.15) is 18.1 Å². The van der Waals surface area contributed by atoms with Crippen LogP contribution in [0.25, 0.3) is 5.57 Å². The summed E-state index contributed by atoms with van der Waals surface area (Å²) in [7, 11) is 0. The third-order valence-corrected chi connectivity index (χ3v) is 4.96. The van der Waals surface area contributed by atoms with Crippen molar-refractivity contribution >= 4 is 40.4 Å². The summed E-state index contributed by atoms with van der Waals surface area (Å²) in [4.78, 5) is 38.8. The summed E-state index contributed by atoms with van der Waals surface area (Å²) >= 11 is 0. The second-order valence-corrected chi connectivity index (χ2v) is 7.40. The summed E-state index contributed by atoms with van der Waals surface area (Å²) in [5.41, 5.74) is 2.67. The van der Waals surface area contributed by atoms with Crippen LogP contribution in [0.4, 0.5) is 21.5 Å². The van der Waals surface area contributed by atoms with Crippen molar-refractivity contribution in [2.45, 2.75) is 13.8 Å². The van der Waals surface area contributed by atoms with Gasteiger partial charge in [0.2, 0.25) is 5.91 Å². The summed E-state index contributed by atoms with van der Waals surface area (Å²) in [6.07, 6.45) is 0. The van der Waals surface area contributed by atoms with Crippen LogP contribution in [0.5, 0.6) is 0 Å². The van der Waals surface area contributed by atoms with Crippen LogP contribution in [0.2, 0.25) is 0 Å². The van der Waals surface area contributed by atoms with E-state index in [1.165, 1.54) is 25.1 Å². The molecule has 0 unspecified atom stereocenters. The zero-order valence-corrected chi connectivity index (χ0v) is 17.5. The number of halogens is 1. The van der Waals surface area contributed by atoms with Crippen LogP contribution < -0.4 is 15.5 Å². The molecule has 3 aromatic carbocycles. The molecule has 0 aromatic heterocycles. The number of anilines is 3. The van der Waals surface area contributed by atoms with Crippen molar-refractivity contribution in [1.82, 2.24) is 0 Å². The van der Waals surface area contributed by atoms with Crippen molar-refractivity contribution < 1.29 is 18.8 Å². The van der Waals surface area contributed by atoms with Crippen molar-refractivity contribution in [3.05, 3.63) is 95.4 Å². The Morgan fingerprint density at radius 3 is 2.25 bits per heavy atom. The summed E-state index contributed by atoms with van der Waals surface area (Å²) in [6, 6.07) is 19.5. The highest BCUT2D eigenvalue weighted by molar-refractivity contribution is 6.46. The van der Waals surface area contributed by atoms with E-state index in [0.29, 0.717) is 16.9 Å². The van der Waals surface area contributed by atoms with Gasteiger partial charge in [0.15, 0.2) is 0 Å². The van der Waals surface area contributed by atoms with E-state index in [9.17, 15) is 18.8 Å². The van der Waals surface area contributed by atoms with E-state index in [1.807, 2.05) is 25.1 Å². The van der Waals surface area contributed by atoms with Gasteiger partial charge in [-0.2, -0.15) is 0 Å². The molecule has 3 aromatic rings. The topological polar surface area (TPSA) is 78.5 Å². The fraction of sp³-hybridized carbons (Fsp3) is 0.0800. The Kier molecular flexibility index (Phi) is 5.55. The van der Waals surface area contributed by atoms with Crippen molar-refractivity contribution in [3.63, 3.8) is 0 Å². The Labute approximate surface area is 184 Å². The van der Waals surface area contributed by atoms with E-state index in [2.05, 4.69) is 10.6 Å². The molecule has 0 atom stereocenters. The Hall–Kier alpha value is -4.26. The number of carbonyl (C=O) groups is 3. The second kappa shape index (κ2) is 8.47. The lowest BCUT2D eigenvalue weighted by atomic mass is 10.0. The minimum absolute atomic E-state index is 0.0520. The lowest BCUT2D eigenvalue weighted by Gasteiger charge is -2.16. The summed E-state index contributed by atoms with van der Waals surface area (Å²) < 4.78 is 14.5. The molecule has 2 N–H and O–H groups in total. The van der Waals surface area contributed by atoms with Gasteiger partial charge < -0.3 is 10.6 Å². The maximum Gasteiger partial charge on any atom is 0.282 e. The Morgan fingerprint density at radius 1 is 0.875 bits per heavy atom. The number of benzene rings is 3. The molecule has 0 bridgehead atoms. The number of aryl methyl sites for hydroxylation is 1. The summed E-state index contributed by atoms with van der Waals surface area (Å²) in [5.74, 6) is -2.19. The predicted octanol–water partition coefficient (Wildman–Crippen LogP) is 4.49. The third kappa shape index (κ3) is 4.00. The molecule has 1 aliphatic rings. The molecule has 0 spiro atoms. The van der Waals surface area contributed by atoms with Gasteiger partial charge in [0.05, 0.1) is 11.3 Å². The van der Waals surface area contributed by atoms with E-state index < -0.39 is 17.6 Å². The van der Waals surface area contributed by atoms with Crippen molar-refractivity contribution in [2.75, 3.05) is 15.5 Å². The van der Waals surface area contributed by atoms with Crippen LogP contribution in [0.15, 0.2) is 78.5 Å². The highest BCUT2D eigenvalue weighted by Crippen LogP contribution is 2.35. The molecular formula is C25H20FN3O3. The first-order valence-corrected chi connectivity index (χ1v) is 9.94. The van der Waals surface area contributed by atoms with E-state index >= 15 is 0 Å². The van der Waals surface area contributed by atoms with Gasteiger partial charge in [0.1, 0.15) is 11.5 Å². The normalized spacial score (nSPS) is 13.5. The molecule has 6 nitrogen and oxygen atoms in total. The van der Waals surface area contributed by atoms with Gasteiger partial charge in [0.25, 0.3) is 11.8 Å². The maximum absolute atomic E-state index is 14.5. The highest BCUT2D eigenvalue weighted by Gasteiger charge is 2.41. The summed E-state index contributed by atoms with van der Waals surface area (Å²) in [6.45, 7) is 3.31. The molecule has 7 heteroatoms. The lowest BCUT2D eigenvalue weighted by molar-refractivity contribution is -0.120. The number of nitrogens with zero attached hydrogens (tertiary/aromatic N) is 1. The van der Waals surface area contributed by atoms with Gasteiger partial charge in [-0.1, -0.05) is 36.4 Å². The zero-order valence-electron chi connectivity index (χ0n) is 17.5. The molecule has 160 valence electrons. The van der Waals surface area contributed by atoms with Crippen LogP contribution in [-0.4, -0.2) is 17.7 Å². The van der Waals surface area contributed by atoms with Crippen LogP contribution in [0.3, 0.4) is 0 Å². The lowest BCUT2D eigenvalue weighted by Crippen LogP contribution is -2.33. The van der Waals surface area contributed by atoms with Gasteiger partial charge in [-0.15, -0.1) is 0 Å². The van der Waals surface area contributed by atoms with Crippen molar-refractivity contribution in [1.29, 1.82) is 0 Å². The number of carbonyl (C=O) groups excluding carboxylic acids is 3. The average molecular weight is 429 g/mol. The zero-order chi connectivity index (χ0) is 22.8. The van der Waals surface area contributed by atoms with Gasteiger partial charge in [-0.25, -0.2) is 9.29 Å². The number of amides is 3. The van der Waals surface area contributed by atoms with Crippen LogP contribution in [-0.2, 0) is 14.4 Å². The SMILES string of the molecule is CC(=O)Nc1ccc(C2=C(Nc3cccc(C)c3)C(=O)N(c3ccccc3F)C2=O)cc1.